The Balaban J connectivity index is 3.11. The van der Waals surface area contributed by atoms with Crippen molar-refractivity contribution in [3.8, 4) is 0 Å². The van der Waals surface area contributed by atoms with E-state index in [2.05, 4.69) is 9.97 Å². The van der Waals surface area contributed by atoms with E-state index >= 15 is 0 Å². The fourth-order valence-corrected chi connectivity index (χ4v) is 2.21. The highest BCUT2D eigenvalue weighted by atomic mass is 32.2. The van der Waals surface area contributed by atoms with Gasteiger partial charge >= 0.3 is 5.97 Å². The number of nitrogens with zero attached hydrogens (tertiary/aromatic N) is 2. The van der Waals surface area contributed by atoms with Gasteiger partial charge in [0.15, 0.2) is 9.84 Å². The van der Waals surface area contributed by atoms with Crippen molar-refractivity contribution in [1.82, 2.24) is 9.97 Å². The second kappa shape index (κ2) is 5.64. The Hall–Kier alpha value is -1.50. The number of rotatable bonds is 5. The Morgan fingerprint density at radius 2 is 2.05 bits per heavy atom. The van der Waals surface area contributed by atoms with E-state index in [1.54, 1.807) is 26.8 Å². The third-order valence-electron chi connectivity index (χ3n) is 2.83. The van der Waals surface area contributed by atoms with E-state index in [0.29, 0.717) is 5.69 Å². The molecule has 0 aliphatic heterocycles. The Bertz CT molecular complexity index is 567. The maximum Gasteiger partial charge on any atom is 0.317 e. The first-order chi connectivity index (χ1) is 8.73. The van der Waals surface area contributed by atoms with Crippen LogP contribution < -0.4 is 0 Å². The summed E-state index contributed by atoms with van der Waals surface area (Å²) in [5.74, 6) is -0.443. The van der Waals surface area contributed by atoms with Gasteiger partial charge in [-0.3, -0.25) is 4.79 Å². The van der Waals surface area contributed by atoms with Crippen molar-refractivity contribution < 1.29 is 17.9 Å². The average molecular weight is 286 g/mol. The minimum Gasteiger partial charge on any atom is -0.468 e. The minimum atomic E-state index is -3.20. The number of aromatic nitrogens is 2. The molecule has 0 fully saturated rings. The number of hydrogen-bond donors (Lipinski definition) is 0. The maximum absolute atomic E-state index is 11.7. The summed E-state index contributed by atoms with van der Waals surface area (Å²) in [5, 5.41) is 0. The summed E-state index contributed by atoms with van der Waals surface area (Å²) in [6.07, 6.45) is 1.45. The van der Waals surface area contributed by atoms with Crippen molar-refractivity contribution in [2.45, 2.75) is 31.9 Å². The second-order valence-corrected chi connectivity index (χ2v) is 7.00. The molecular weight excluding hydrogens is 268 g/mol. The maximum atomic E-state index is 11.7. The lowest BCUT2D eigenvalue weighted by Crippen LogP contribution is -2.31. The molecule has 0 radical (unpaired) electrons. The number of ether oxygens (including phenoxy) is 1. The normalized spacial score (nSPS) is 12.2. The third kappa shape index (κ3) is 3.73. The Labute approximate surface area is 113 Å². The first kappa shape index (κ1) is 15.6. The number of hydrogen-bond acceptors (Lipinski definition) is 6. The van der Waals surface area contributed by atoms with Crippen LogP contribution in [0.2, 0.25) is 0 Å². The highest BCUT2D eigenvalue weighted by molar-refractivity contribution is 7.90. The summed E-state index contributed by atoms with van der Waals surface area (Å²) in [5.41, 5.74) is -0.502. The minimum absolute atomic E-state index is 0.0288. The van der Waals surface area contributed by atoms with Crippen molar-refractivity contribution >= 4 is 15.8 Å². The van der Waals surface area contributed by atoms with Crippen LogP contribution in [0, 0.1) is 0 Å². The molecule has 0 aliphatic carbocycles. The van der Waals surface area contributed by atoms with Gasteiger partial charge in [0.2, 0.25) is 0 Å². The fourth-order valence-electron chi connectivity index (χ4n) is 1.48. The monoisotopic (exact) mass is 286 g/mol. The zero-order valence-corrected chi connectivity index (χ0v) is 12.3. The van der Waals surface area contributed by atoms with Crippen LogP contribution in [0.15, 0.2) is 12.3 Å². The molecule has 7 heteroatoms. The summed E-state index contributed by atoms with van der Waals surface area (Å²) in [6, 6.07) is 1.58. The molecule has 0 aliphatic rings. The summed E-state index contributed by atoms with van der Waals surface area (Å²) in [7, 11) is -1.90. The van der Waals surface area contributed by atoms with E-state index in [9.17, 15) is 13.2 Å². The number of sulfone groups is 1. The average Bonchev–Trinajstić information content (AvgIpc) is 2.37. The molecule has 0 amide bonds. The molecule has 0 aromatic carbocycles. The van der Waals surface area contributed by atoms with Gasteiger partial charge in [0.05, 0.1) is 12.8 Å². The van der Waals surface area contributed by atoms with E-state index in [1.807, 2.05) is 0 Å². The molecule has 19 heavy (non-hydrogen) atoms. The van der Waals surface area contributed by atoms with Crippen molar-refractivity contribution in [3.05, 3.63) is 23.8 Å². The van der Waals surface area contributed by atoms with Crippen LogP contribution in [0.1, 0.15) is 32.3 Å². The summed E-state index contributed by atoms with van der Waals surface area (Å²) >= 11 is 0. The Morgan fingerprint density at radius 1 is 1.42 bits per heavy atom. The van der Waals surface area contributed by atoms with Crippen LogP contribution in [0.3, 0.4) is 0 Å². The van der Waals surface area contributed by atoms with Crippen molar-refractivity contribution in [3.63, 3.8) is 0 Å². The lowest BCUT2D eigenvalue weighted by molar-refractivity contribution is -0.146. The molecule has 1 aromatic rings. The van der Waals surface area contributed by atoms with E-state index in [1.165, 1.54) is 13.3 Å². The quantitative estimate of drug-likeness (QED) is 0.746. The van der Waals surface area contributed by atoms with E-state index in [0.717, 1.165) is 0 Å². The zero-order valence-electron chi connectivity index (χ0n) is 11.5. The van der Waals surface area contributed by atoms with E-state index in [-0.39, 0.29) is 17.3 Å². The Kier molecular flexibility index (Phi) is 4.62. The summed E-state index contributed by atoms with van der Waals surface area (Å²) < 4.78 is 27.8. The third-order valence-corrected chi connectivity index (χ3v) is 4.41. The highest BCUT2D eigenvalue weighted by Gasteiger charge is 2.32. The fraction of sp³-hybridized carbons (Fsp3) is 0.583. The molecule has 0 saturated carbocycles. The predicted octanol–water partition coefficient (Wildman–Crippen LogP) is 0.862. The molecule has 0 N–H and O–H groups in total. The largest absolute Gasteiger partial charge is 0.468 e. The van der Waals surface area contributed by atoms with Gasteiger partial charge in [0, 0.05) is 11.9 Å². The van der Waals surface area contributed by atoms with Crippen LogP contribution in [0.4, 0.5) is 0 Å². The molecule has 1 heterocycles. The molecule has 0 spiro atoms. The summed E-state index contributed by atoms with van der Waals surface area (Å²) in [4.78, 5) is 19.8. The van der Waals surface area contributed by atoms with Crippen molar-refractivity contribution in [2.24, 2.45) is 0 Å². The van der Waals surface area contributed by atoms with Gasteiger partial charge in [0.1, 0.15) is 17.0 Å². The lowest BCUT2D eigenvalue weighted by Gasteiger charge is -2.20. The molecule has 1 aromatic heterocycles. The van der Waals surface area contributed by atoms with E-state index in [4.69, 9.17) is 4.74 Å². The van der Waals surface area contributed by atoms with Crippen LogP contribution in [-0.4, -0.2) is 37.2 Å². The van der Waals surface area contributed by atoms with Crippen molar-refractivity contribution in [1.29, 1.82) is 0 Å². The predicted molar refractivity (Wildman–Crippen MR) is 70.2 cm³/mol. The van der Waals surface area contributed by atoms with Gasteiger partial charge in [-0.15, -0.1) is 0 Å². The van der Waals surface area contributed by atoms with Crippen LogP contribution in [0.25, 0.3) is 0 Å². The van der Waals surface area contributed by atoms with Crippen LogP contribution in [0.5, 0.6) is 0 Å². The lowest BCUT2D eigenvalue weighted by atomic mass is 9.89. The number of esters is 1. The molecular formula is C12H18N2O4S. The number of carbonyl (C=O) groups is 1. The van der Waals surface area contributed by atoms with Gasteiger partial charge < -0.3 is 4.74 Å². The van der Waals surface area contributed by atoms with Crippen molar-refractivity contribution in [2.75, 3.05) is 12.9 Å². The van der Waals surface area contributed by atoms with E-state index < -0.39 is 21.2 Å². The SMILES string of the molecule is CCS(=O)(=O)Cc1nccc(C(C)(C)C(=O)OC)n1. The second-order valence-electron chi connectivity index (χ2n) is 4.65. The van der Waals surface area contributed by atoms with Gasteiger partial charge in [-0.2, -0.15) is 0 Å². The van der Waals surface area contributed by atoms with Gasteiger partial charge in [-0.05, 0) is 19.9 Å². The summed E-state index contributed by atoms with van der Waals surface area (Å²) in [6.45, 7) is 4.90. The van der Waals surface area contributed by atoms with Crippen LogP contribution >= 0.6 is 0 Å². The molecule has 0 saturated heterocycles. The van der Waals surface area contributed by atoms with Gasteiger partial charge in [-0.25, -0.2) is 18.4 Å². The molecule has 106 valence electrons. The van der Waals surface area contributed by atoms with Gasteiger partial charge in [0.25, 0.3) is 0 Å². The zero-order chi connectivity index (χ0) is 14.7. The topological polar surface area (TPSA) is 86.2 Å². The molecule has 0 bridgehead atoms. The first-order valence-corrected chi connectivity index (χ1v) is 7.66. The molecule has 0 atom stereocenters. The molecule has 1 rings (SSSR count). The molecule has 0 unspecified atom stereocenters. The number of carbonyl (C=O) groups excluding carboxylic acids is 1. The molecule has 6 nitrogen and oxygen atoms in total. The van der Waals surface area contributed by atoms with Gasteiger partial charge in [-0.1, -0.05) is 6.92 Å². The standard InChI is InChI=1S/C12H18N2O4S/c1-5-19(16,17)8-10-13-7-6-9(14-10)12(2,3)11(15)18-4/h6-7H,5,8H2,1-4H3. The van der Waals surface area contributed by atoms with Crippen LogP contribution in [-0.2, 0) is 30.5 Å². The number of methoxy groups -OCH3 is 1. The smallest absolute Gasteiger partial charge is 0.317 e. The Morgan fingerprint density at radius 3 is 2.58 bits per heavy atom. The first-order valence-electron chi connectivity index (χ1n) is 5.84. The highest BCUT2D eigenvalue weighted by Crippen LogP contribution is 2.22.